The lowest BCUT2D eigenvalue weighted by atomic mass is 10.1. The highest BCUT2D eigenvalue weighted by atomic mass is 16.1. The Balaban J connectivity index is 1.51. The van der Waals surface area contributed by atoms with Crippen molar-refractivity contribution >= 4 is 5.91 Å². The molecule has 1 aliphatic carbocycles. The number of hydrogen-bond donors (Lipinski definition) is 1. The molecule has 1 saturated carbocycles. The van der Waals surface area contributed by atoms with Crippen molar-refractivity contribution in [3.63, 3.8) is 0 Å². The monoisotopic (exact) mass is 323 g/mol. The molecule has 2 aromatic heterocycles. The zero-order valence-electron chi connectivity index (χ0n) is 13.0. The molecule has 0 radical (unpaired) electrons. The largest absolute Gasteiger partial charge is 0.347 e. The Labute approximate surface area is 138 Å². The quantitative estimate of drug-likeness (QED) is 0.783. The maximum Gasteiger partial charge on any atom is 0.251 e. The fraction of sp³-hybridized carbons (Fsp3) is 0.312. The van der Waals surface area contributed by atoms with Crippen LogP contribution in [-0.4, -0.2) is 41.7 Å². The summed E-state index contributed by atoms with van der Waals surface area (Å²) in [5.41, 5.74) is 1.35. The second-order valence-corrected chi connectivity index (χ2v) is 5.89. The number of carbonyl (C=O) groups excluding carboxylic acids is 1. The molecule has 122 valence electrons. The summed E-state index contributed by atoms with van der Waals surface area (Å²) in [5, 5.41) is 14.2. The number of nitrogens with one attached hydrogen (secondary N) is 1. The van der Waals surface area contributed by atoms with Gasteiger partial charge in [0.15, 0.2) is 0 Å². The molecule has 8 nitrogen and oxygen atoms in total. The highest BCUT2D eigenvalue weighted by Gasteiger charge is 2.29. The van der Waals surface area contributed by atoms with Gasteiger partial charge in [0.25, 0.3) is 5.91 Å². The Morgan fingerprint density at radius 2 is 2.21 bits per heavy atom. The lowest BCUT2D eigenvalue weighted by Gasteiger charge is -2.22. The molecule has 2 heterocycles. The average Bonchev–Trinajstić information content (AvgIpc) is 3.36. The molecule has 3 aromatic rings. The van der Waals surface area contributed by atoms with Gasteiger partial charge in [-0.25, -0.2) is 9.67 Å². The predicted octanol–water partition coefficient (Wildman–Crippen LogP) is 1.38. The topological polar surface area (TPSA) is 90.5 Å². The predicted molar refractivity (Wildman–Crippen MR) is 85.5 cm³/mol. The SMILES string of the molecule is O=C(N[C@@H]1CCC[C@@H]1n1ccnc1)c1cccc(-n2cnnn2)c1. The van der Waals surface area contributed by atoms with Crippen LogP contribution in [0, 0.1) is 0 Å². The van der Waals surface area contributed by atoms with Crippen molar-refractivity contribution in [2.24, 2.45) is 0 Å². The van der Waals surface area contributed by atoms with Crippen molar-refractivity contribution in [2.45, 2.75) is 31.3 Å². The summed E-state index contributed by atoms with van der Waals surface area (Å²) >= 11 is 0. The third-order valence-electron chi connectivity index (χ3n) is 4.43. The van der Waals surface area contributed by atoms with Crippen molar-refractivity contribution < 1.29 is 4.79 Å². The first-order valence-electron chi connectivity index (χ1n) is 7.93. The number of nitrogens with zero attached hydrogens (tertiary/aromatic N) is 6. The summed E-state index contributed by atoms with van der Waals surface area (Å²) in [6, 6.07) is 7.64. The Hall–Kier alpha value is -3.03. The number of imidazole rings is 1. The zero-order chi connectivity index (χ0) is 16.4. The van der Waals surface area contributed by atoms with Gasteiger partial charge >= 0.3 is 0 Å². The fourth-order valence-electron chi connectivity index (χ4n) is 3.25. The number of aromatic nitrogens is 6. The Kier molecular flexibility index (Phi) is 3.78. The number of tetrazole rings is 1. The van der Waals surface area contributed by atoms with Crippen molar-refractivity contribution in [1.29, 1.82) is 0 Å². The van der Waals surface area contributed by atoms with Gasteiger partial charge < -0.3 is 9.88 Å². The molecular weight excluding hydrogens is 306 g/mol. The molecule has 1 amide bonds. The minimum atomic E-state index is -0.0815. The summed E-state index contributed by atoms with van der Waals surface area (Å²) < 4.78 is 3.61. The molecular formula is C16H17N7O. The summed E-state index contributed by atoms with van der Waals surface area (Å²) in [5.74, 6) is -0.0815. The number of benzene rings is 1. The molecule has 4 rings (SSSR count). The summed E-state index contributed by atoms with van der Waals surface area (Å²) in [4.78, 5) is 16.7. The van der Waals surface area contributed by atoms with Crippen LogP contribution in [-0.2, 0) is 0 Å². The van der Waals surface area contributed by atoms with Gasteiger partial charge in [0.2, 0.25) is 0 Å². The van der Waals surface area contributed by atoms with E-state index in [1.54, 1.807) is 18.3 Å². The third kappa shape index (κ3) is 2.78. The molecule has 1 fully saturated rings. The number of hydrogen-bond acceptors (Lipinski definition) is 5. The second kappa shape index (κ2) is 6.23. The number of rotatable bonds is 4. The van der Waals surface area contributed by atoms with Crippen molar-refractivity contribution in [2.75, 3.05) is 0 Å². The van der Waals surface area contributed by atoms with Crippen LogP contribution in [0.4, 0.5) is 0 Å². The van der Waals surface area contributed by atoms with Crippen molar-refractivity contribution in [3.8, 4) is 5.69 Å². The molecule has 0 bridgehead atoms. The summed E-state index contributed by atoms with van der Waals surface area (Å²) in [6.45, 7) is 0. The minimum Gasteiger partial charge on any atom is -0.347 e. The van der Waals surface area contributed by atoms with E-state index in [9.17, 15) is 4.79 Å². The van der Waals surface area contributed by atoms with Crippen LogP contribution in [0.3, 0.4) is 0 Å². The molecule has 1 N–H and O–H groups in total. The van der Waals surface area contributed by atoms with E-state index >= 15 is 0 Å². The second-order valence-electron chi connectivity index (χ2n) is 5.89. The van der Waals surface area contributed by atoms with E-state index in [2.05, 4.69) is 30.4 Å². The van der Waals surface area contributed by atoms with Crippen LogP contribution < -0.4 is 5.32 Å². The molecule has 1 aromatic carbocycles. The maximum absolute atomic E-state index is 12.6. The van der Waals surface area contributed by atoms with Gasteiger partial charge in [-0.3, -0.25) is 4.79 Å². The molecule has 0 spiro atoms. The van der Waals surface area contributed by atoms with E-state index in [0.717, 1.165) is 24.9 Å². The smallest absolute Gasteiger partial charge is 0.251 e. The van der Waals surface area contributed by atoms with Gasteiger partial charge in [-0.1, -0.05) is 6.07 Å². The summed E-state index contributed by atoms with van der Waals surface area (Å²) in [6.07, 6.45) is 10.2. The Morgan fingerprint density at radius 1 is 1.25 bits per heavy atom. The summed E-state index contributed by atoms with van der Waals surface area (Å²) in [7, 11) is 0. The Bertz CT molecular complexity index is 813. The minimum absolute atomic E-state index is 0.0815. The van der Waals surface area contributed by atoms with Gasteiger partial charge in [0.05, 0.1) is 18.1 Å². The molecule has 8 heteroatoms. The molecule has 0 aliphatic heterocycles. The fourth-order valence-corrected chi connectivity index (χ4v) is 3.25. The number of carbonyl (C=O) groups is 1. The van der Waals surface area contributed by atoms with Crippen LogP contribution >= 0.6 is 0 Å². The van der Waals surface area contributed by atoms with E-state index < -0.39 is 0 Å². The standard InChI is InChI=1S/C16H17N7O/c24-16(12-3-1-4-13(9-12)23-11-18-20-21-23)19-14-5-2-6-15(14)22-8-7-17-10-22/h1,3-4,7-11,14-15H,2,5-6H2,(H,19,24)/t14-,15+/m1/s1. The van der Waals surface area contributed by atoms with Crippen LogP contribution in [0.25, 0.3) is 5.69 Å². The van der Waals surface area contributed by atoms with Crippen LogP contribution in [0.1, 0.15) is 35.7 Å². The Morgan fingerprint density at radius 3 is 3.00 bits per heavy atom. The molecule has 24 heavy (non-hydrogen) atoms. The zero-order valence-corrected chi connectivity index (χ0v) is 13.0. The van der Waals surface area contributed by atoms with E-state index in [-0.39, 0.29) is 18.0 Å². The van der Waals surface area contributed by atoms with Crippen molar-refractivity contribution in [3.05, 3.63) is 54.9 Å². The first-order valence-corrected chi connectivity index (χ1v) is 7.93. The van der Waals surface area contributed by atoms with Gasteiger partial charge in [-0.2, -0.15) is 0 Å². The van der Waals surface area contributed by atoms with Crippen LogP contribution in [0.2, 0.25) is 0 Å². The highest BCUT2D eigenvalue weighted by Crippen LogP contribution is 2.30. The lowest BCUT2D eigenvalue weighted by molar-refractivity contribution is 0.0929. The third-order valence-corrected chi connectivity index (χ3v) is 4.43. The first-order chi connectivity index (χ1) is 11.8. The van der Waals surface area contributed by atoms with Gasteiger partial charge in [-0.05, 0) is 47.9 Å². The first kappa shape index (κ1) is 14.6. The van der Waals surface area contributed by atoms with Crippen LogP contribution in [0.15, 0.2) is 49.3 Å². The van der Waals surface area contributed by atoms with E-state index in [1.165, 1.54) is 11.0 Å². The molecule has 0 unspecified atom stereocenters. The average molecular weight is 323 g/mol. The highest BCUT2D eigenvalue weighted by molar-refractivity contribution is 5.95. The van der Waals surface area contributed by atoms with E-state index in [4.69, 9.17) is 0 Å². The lowest BCUT2D eigenvalue weighted by Crippen LogP contribution is -2.38. The van der Waals surface area contributed by atoms with Crippen molar-refractivity contribution in [1.82, 2.24) is 35.1 Å². The molecule has 2 atom stereocenters. The maximum atomic E-state index is 12.6. The molecule has 0 saturated heterocycles. The van der Waals surface area contributed by atoms with Gasteiger partial charge in [-0.15, -0.1) is 5.10 Å². The molecule has 1 aliphatic rings. The number of amides is 1. The normalized spacial score (nSPS) is 20.2. The van der Waals surface area contributed by atoms with E-state index in [1.807, 2.05) is 24.7 Å². The van der Waals surface area contributed by atoms with Crippen LogP contribution in [0.5, 0.6) is 0 Å². The van der Waals surface area contributed by atoms with Gasteiger partial charge in [0, 0.05) is 24.0 Å². The van der Waals surface area contributed by atoms with E-state index in [0.29, 0.717) is 5.56 Å². The van der Waals surface area contributed by atoms with Gasteiger partial charge in [0.1, 0.15) is 6.33 Å².